The van der Waals surface area contributed by atoms with Crippen molar-refractivity contribution in [2.45, 2.75) is 12.8 Å². The van der Waals surface area contributed by atoms with Crippen LogP contribution in [-0.2, 0) is 0 Å². The van der Waals surface area contributed by atoms with Gasteiger partial charge < -0.3 is 9.64 Å². The molecule has 1 aliphatic heterocycles. The summed E-state index contributed by atoms with van der Waals surface area (Å²) in [6.07, 6.45) is 6.14. The van der Waals surface area contributed by atoms with Crippen LogP contribution in [0, 0.1) is 0 Å². The molecule has 0 atom stereocenters. The summed E-state index contributed by atoms with van der Waals surface area (Å²) in [7, 11) is 1.63. The number of methoxy groups -OCH3 is 1. The van der Waals surface area contributed by atoms with Gasteiger partial charge in [-0.3, -0.25) is 0 Å². The Balaban J connectivity index is 1.60. The minimum atomic E-state index is 0.594. The Morgan fingerprint density at radius 1 is 1.12 bits per heavy atom. The van der Waals surface area contributed by atoms with Crippen LogP contribution in [0.4, 0.5) is 5.82 Å². The maximum absolute atomic E-state index is 5.32. The molecule has 1 aliphatic rings. The van der Waals surface area contributed by atoms with Crippen molar-refractivity contribution in [2.24, 2.45) is 0 Å². The molecular weight excluding hydrogens is 320 g/mol. The number of anilines is 1. The van der Waals surface area contributed by atoms with Crippen molar-refractivity contribution in [1.29, 1.82) is 0 Å². The van der Waals surface area contributed by atoms with Crippen LogP contribution in [0.15, 0.2) is 42.0 Å². The zero-order valence-corrected chi connectivity index (χ0v) is 14.3. The van der Waals surface area contributed by atoms with Crippen LogP contribution in [-0.4, -0.2) is 35.2 Å². The monoisotopic (exact) mass is 338 g/mol. The molecule has 3 aromatic rings. The van der Waals surface area contributed by atoms with Crippen molar-refractivity contribution in [1.82, 2.24) is 15.0 Å². The van der Waals surface area contributed by atoms with E-state index in [-0.39, 0.29) is 0 Å². The van der Waals surface area contributed by atoms with Crippen molar-refractivity contribution >= 4 is 17.2 Å². The van der Waals surface area contributed by atoms with Crippen LogP contribution in [0.3, 0.4) is 0 Å². The smallest absolute Gasteiger partial charge is 0.222 e. The Morgan fingerprint density at radius 2 is 2.00 bits per heavy atom. The van der Waals surface area contributed by atoms with E-state index >= 15 is 0 Å². The van der Waals surface area contributed by atoms with Crippen LogP contribution in [0.25, 0.3) is 21.8 Å². The van der Waals surface area contributed by atoms with Crippen LogP contribution in [0.5, 0.6) is 5.88 Å². The van der Waals surface area contributed by atoms with Gasteiger partial charge in [0.05, 0.1) is 18.4 Å². The minimum absolute atomic E-state index is 0.594. The van der Waals surface area contributed by atoms with Crippen LogP contribution in [0.2, 0.25) is 0 Å². The first-order valence-electron chi connectivity index (χ1n) is 8.01. The Labute approximate surface area is 145 Å². The first-order chi connectivity index (χ1) is 11.8. The fourth-order valence-corrected chi connectivity index (χ4v) is 3.74. The number of nitrogens with zero attached hydrogens (tertiary/aromatic N) is 4. The van der Waals surface area contributed by atoms with Crippen molar-refractivity contribution in [3.8, 4) is 27.7 Å². The van der Waals surface area contributed by atoms with Gasteiger partial charge in [-0.15, -0.1) is 11.3 Å². The highest BCUT2D eigenvalue weighted by Crippen LogP contribution is 2.32. The minimum Gasteiger partial charge on any atom is -0.481 e. The Bertz CT molecular complexity index is 825. The van der Waals surface area contributed by atoms with Gasteiger partial charge in [0.1, 0.15) is 10.8 Å². The van der Waals surface area contributed by atoms with E-state index in [0.29, 0.717) is 5.88 Å². The third kappa shape index (κ3) is 2.85. The van der Waals surface area contributed by atoms with Gasteiger partial charge in [0, 0.05) is 36.4 Å². The third-order valence-electron chi connectivity index (χ3n) is 4.17. The zero-order valence-electron chi connectivity index (χ0n) is 13.5. The highest BCUT2D eigenvalue weighted by atomic mass is 32.1. The summed E-state index contributed by atoms with van der Waals surface area (Å²) < 4.78 is 5.32. The van der Waals surface area contributed by atoms with Gasteiger partial charge in [-0.1, -0.05) is 0 Å². The molecule has 0 amide bonds. The van der Waals surface area contributed by atoms with Crippen LogP contribution in [0.1, 0.15) is 12.8 Å². The molecule has 5 nitrogen and oxygen atoms in total. The standard InChI is InChI=1S/C18H18N4OS/c1-23-17-14(5-4-8-19-17)15-12-24-18(21-15)13-6-7-16(20-11-13)22-9-2-3-10-22/h4-8,11-12H,2-3,9-10H2,1H3. The molecule has 1 saturated heterocycles. The molecule has 0 saturated carbocycles. The summed E-state index contributed by atoms with van der Waals surface area (Å²) in [5.74, 6) is 1.65. The highest BCUT2D eigenvalue weighted by molar-refractivity contribution is 7.13. The normalized spacial score (nSPS) is 14.1. The molecule has 4 heterocycles. The van der Waals surface area contributed by atoms with E-state index in [9.17, 15) is 0 Å². The summed E-state index contributed by atoms with van der Waals surface area (Å²) in [5, 5.41) is 2.99. The molecule has 0 aliphatic carbocycles. The van der Waals surface area contributed by atoms with E-state index in [1.165, 1.54) is 12.8 Å². The molecule has 122 valence electrons. The van der Waals surface area contributed by atoms with E-state index in [4.69, 9.17) is 9.72 Å². The number of ether oxygens (including phenoxy) is 1. The lowest BCUT2D eigenvalue weighted by Crippen LogP contribution is -2.18. The van der Waals surface area contributed by atoms with Crippen LogP contribution >= 0.6 is 11.3 Å². The topological polar surface area (TPSA) is 51.1 Å². The van der Waals surface area contributed by atoms with E-state index in [1.807, 2.05) is 23.7 Å². The second kappa shape index (κ2) is 6.57. The lowest BCUT2D eigenvalue weighted by Gasteiger charge is -2.15. The second-order valence-corrected chi connectivity index (χ2v) is 6.56. The lowest BCUT2D eigenvalue weighted by molar-refractivity contribution is 0.399. The van der Waals surface area contributed by atoms with Crippen molar-refractivity contribution < 1.29 is 4.74 Å². The van der Waals surface area contributed by atoms with Gasteiger partial charge in [-0.2, -0.15) is 0 Å². The van der Waals surface area contributed by atoms with Gasteiger partial charge in [0.25, 0.3) is 0 Å². The van der Waals surface area contributed by atoms with E-state index in [1.54, 1.807) is 24.6 Å². The number of hydrogen-bond donors (Lipinski definition) is 0. The Hall–Kier alpha value is -2.47. The summed E-state index contributed by atoms with van der Waals surface area (Å²) >= 11 is 1.61. The van der Waals surface area contributed by atoms with Crippen molar-refractivity contribution in [3.05, 3.63) is 42.0 Å². The van der Waals surface area contributed by atoms with Gasteiger partial charge in [0.15, 0.2) is 0 Å². The molecule has 24 heavy (non-hydrogen) atoms. The van der Waals surface area contributed by atoms with Gasteiger partial charge in [-0.05, 0) is 37.1 Å². The zero-order chi connectivity index (χ0) is 16.4. The summed E-state index contributed by atoms with van der Waals surface area (Å²) in [6.45, 7) is 2.21. The quantitative estimate of drug-likeness (QED) is 0.723. The molecule has 0 N–H and O–H groups in total. The van der Waals surface area contributed by atoms with Gasteiger partial charge in [0.2, 0.25) is 5.88 Å². The molecule has 0 unspecified atom stereocenters. The van der Waals surface area contributed by atoms with Crippen molar-refractivity contribution in [3.63, 3.8) is 0 Å². The molecule has 1 fully saturated rings. The maximum Gasteiger partial charge on any atom is 0.222 e. The summed E-state index contributed by atoms with van der Waals surface area (Å²) in [6, 6.07) is 8.05. The molecule has 3 aromatic heterocycles. The summed E-state index contributed by atoms with van der Waals surface area (Å²) in [4.78, 5) is 15.9. The SMILES string of the molecule is COc1ncccc1-c1csc(-c2ccc(N3CCCC3)nc2)n1. The predicted octanol–water partition coefficient (Wildman–Crippen LogP) is 3.88. The fourth-order valence-electron chi connectivity index (χ4n) is 2.92. The highest BCUT2D eigenvalue weighted by Gasteiger charge is 2.15. The number of aromatic nitrogens is 3. The summed E-state index contributed by atoms with van der Waals surface area (Å²) in [5.41, 5.74) is 2.82. The molecule has 0 radical (unpaired) electrons. The number of hydrogen-bond acceptors (Lipinski definition) is 6. The number of rotatable bonds is 4. The van der Waals surface area contributed by atoms with Gasteiger partial charge >= 0.3 is 0 Å². The Kier molecular flexibility index (Phi) is 4.13. The third-order valence-corrected chi connectivity index (χ3v) is 5.06. The van der Waals surface area contributed by atoms with Gasteiger partial charge in [-0.25, -0.2) is 15.0 Å². The average molecular weight is 338 g/mol. The average Bonchev–Trinajstić information content (AvgIpc) is 3.34. The Morgan fingerprint density at radius 3 is 2.75 bits per heavy atom. The van der Waals surface area contributed by atoms with E-state index < -0.39 is 0 Å². The molecule has 0 spiro atoms. The molecule has 4 rings (SSSR count). The lowest BCUT2D eigenvalue weighted by atomic mass is 10.2. The van der Waals surface area contributed by atoms with Crippen LogP contribution < -0.4 is 9.64 Å². The first kappa shape index (κ1) is 15.1. The first-order valence-corrected chi connectivity index (χ1v) is 8.89. The predicted molar refractivity (Wildman–Crippen MR) is 96.6 cm³/mol. The number of thiazole rings is 1. The van der Waals surface area contributed by atoms with E-state index in [0.717, 1.165) is 40.7 Å². The largest absolute Gasteiger partial charge is 0.481 e. The number of pyridine rings is 2. The molecule has 6 heteroatoms. The van der Waals surface area contributed by atoms with E-state index in [2.05, 4.69) is 27.0 Å². The second-order valence-electron chi connectivity index (χ2n) is 5.70. The maximum atomic E-state index is 5.32. The molecular formula is C18H18N4OS. The molecule has 0 aromatic carbocycles. The fraction of sp³-hybridized carbons (Fsp3) is 0.278. The van der Waals surface area contributed by atoms with Crippen molar-refractivity contribution in [2.75, 3.05) is 25.1 Å². The molecule has 0 bridgehead atoms.